The summed E-state index contributed by atoms with van der Waals surface area (Å²) in [6, 6.07) is 0. The minimum atomic E-state index is -1.14. The van der Waals surface area contributed by atoms with Gasteiger partial charge in [-0.25, -0.2) is 9.48 Å². The molecule has 0 aromatic carbocycles. The van der Waals surface area contributed by atoms with Gasteiger partial charge in [0.25, 0.3) is 0 Å². The highest BCUT2D eigenvalue weighted by Gasteiger charge is 2.35. The third-order valence-electron chi connectivity index (χ3n) is 2.98. The molecule has 0 bridgehead atoms. The van der Waals surface area contributed by atoms with Gasteiger partial charge in [0.1, 0.15) is 11.8 Å². The summed E-state index contributed by atoms with van der Waals surface area (Å²) in [6.07, 6.45) is 2.89. The van der Waals surface area contributed by atoms with Crippen molar-refractivity contribution in [1.82, 2.24) is 15.0 Å². The Bertz CT molecular complexity index is 409. The molecule has 0 spiro atoms. The van der Waals surface area contributed by atoms with Crippen LogP contribution in [-0.4, -0.2) is 31.2 Å². The van der Waals surface area contributed by atoms with Crippen molar-refractivity contribution in [3.8, 4) is 0 Å². The van der Waals surface area contributed by atoms with Gasteiger partial charge in [-0.2, -0.15) is 0 Å². The van der Waals surface area contributed by atoms with Gasteiger partial charge in [0.05, 0.1) is 6.20 Å². The van der Waals surface area contributed by atoms with Gasteiger partial charge in [0, 0.05) is 0 Å². The Morgan fingerprint density at radius 2 is 2.25 bits per heavy atom. The number of carboxylic acid groups (broad SMARTS) is 1. The van der Waals surface area contributed by atoms with Crippen molar-refractivity contribution in [2.75, 3.05) is 0 Å². The van der Waals surface area contributed by atoms with E-state index in [1.165, 1.54) is 24.7 Å². The summed E-state index contributed by atoms with van der Waals surface area (Å²) < 4.78 is 1.27. The van der Waals surface area contributed by atoms with Crippen LogP contribution in [0, 0.1) is 5.92 Å². The van der Waals surface area contributed by atoms with Crippen molar-refractivity contribution in [1.29, 1.82) is 0 Å². The van der Waals surface area contributed by atoms with Crippen molar-refractivity contribution in [2.45, 2.75) is 38.3 Å². The zero-order chi connectivity index (χ0) is 11.9. The van der Waals surface area contributed by atoms with E-state index in [2.05, 4.69) is 10.3 Å². The summed E-state index contributed by atoms with van der Waals surface area (Å²) in [4.78, 5) is 11.0. The van der Waals surface area contributed by atoms with E-state index in [4.69, 9.17) is 5.11 Å². The van der Waals surface area contributed by atoms with Crippen LogP contribution in [0.1, 0.15) is 38.5 Å². The Balaban J connectivity index is 2.21. The molecule has 2 rings (SSSR count). The van der Waals surface area contributed by atoms with E-state index in [-0.39, 0.29) is 5.92 Å². The lowest BCUT2D eigenvalue weighted by Gasteiger charge is -2.18. The highest BCUT2D eigenvalue weighted by Crippen LogP contribution is 2.40. The lowest BCUT2D eigenvalue weighted by atomic mass is 10.1. The predicted molar refractivity (Wildman–Crippen MR) is 54.7 cm³/mol. The van der Waals surface area contributed by atoms with Gasteiger partial charge in [-0.05, 0) is 32.6 Å². The highest BCUT2D eigenvalue weighted by molar-refractivity contribution is 5.75. The van der Waals surface area contributed by atoms with Gasteiger partial charge in [-0.3, -0.25) is 0 Å². The Labute approximate surface area is 92.9 Å². The second kappa shape index (κ2) is 3.55. The van der Waals surface area contributed by atoms with Crippen LogP contribution < -0.4 is 0 Å². The fourth-order valence-electron chi connectivity index (χ4n) is 1.44. The largest absolute Gasteiger partial charge is 0.479 e. The fourth-order valence-corrected chi connectivity index (χ4v) is 1.44. The van der Waals surface area contributed by atoms with Crippen molar-refractivity contribution in [3.05, 3.63) is 11.9 Å². The van der Waals surface area contributed by atoms with Crippen LogP contribution in [0.3, 0.4) is 0 Å². The first kappa shape index (κ1) is 11.1. The molecule has 1 unspecified atom stereocenters. The zero-order valence-electron chi connectivity index (χ0n) is 9.29. The summed E-state index contributed by atoms with van der Waals surface area (Å²) in [6.45, 7) is 3.08. The van der Waals surface area contributed by atoms with E-state index in [0.29, 0.717) is 5.69 Å². The number of aliphatic hydroxyl groups is 1. The molecule has 1 atom stereocenters. The number of rotatable bonds is 4. The molecule has 1 saturated carbocycles. The monoisotopic (exact) mass is 225 g/mol. The molecular weight excluding hydrogens is 210 g/mol. The van der Waals surface area contributed by atoms with E-state index in [1.54, 1.807) is 0 Å². The van der Waals surface area contributed by atoms with E-state index in [9.17, 15) is 9.90 Å². The summed E-state index contributed by atoms with van der Waals surface area (Å²) in [5.41, 5.74) is -0.689. The first-order valence-corrected chi connectivity index (χ1v) is 5.27. The molecule has 6 heteroatoms. The van der Waals surface area contributed by atoms with E-state index in [1.807, 2.05) is 0 Å². The van der Waals surface area contributed by atoms with E-state index in [0.717, 1.165) is 12.8 Å². The standard InChI is InChI=1S/C10H15N3O3/c1-10(2,9(15)16)13-5-7(11-12-13)8(14)6-3-4-6/h5-6,8,14H,3-4H2,1-2H3,(H,15,16). The Kier molecular flexibility index (Phi) is 2.46. The second-order valence-electron chi connectivity index (χ2n) is 4.73. The van der Waals surface area contributed by atoms with Gasteiger partial charge in [0.15, 0.2) is 5.54 Å². The van der Waals surface area contributed by atoms with Gasteiger partial charge in [-0.15, -0.1) is 5.10 Å². The molecule has 1 aliphatic carbocycles. The van der Waals surface area contributed by atoms with Gasteiger partial charge in [-0.1, -0.05) is 5.21 Å². The Hall–Kier alpha value is -1.43. The first-order valence-electron chi connectivity index (χ1n) is 5.27. The van der Waals surface area contributed by atoms with E-state index < -0.39 is 17.6 Å². The highest BCUT2D eigenvalue weighted by atomic mass is 16.4. The van der Waals surface area contributed by atoms with Crippen molar-refractivity contribution in [3.63, 3.8) is 0 Å². The average Bonchev–Trinajstić information content (AvgIpc) is 2.93. The van der Waals surface area contributed by atoms with Crippen LogP contribution in [-0.2, 0) is 10.3 Å². The van der Waals surface area contributed by atoms with Crippen molar-refractivity contribution < 1.29 is 15.0 Å². The topological polar surface area (TPSA) is 88.2 Å². The smallest absolute Gasteiger partial charge is 0.331 e. The number of hydrogen-bond acceptors (Lipinski definition) is 4. The van der Waals surface area contributed by atoms with Crippen LogP contribution in [0.2, 0.25) is 0 Å². The quantitative estimate of drug-likeness (QED) is 0.780. The zero-order valence-corrected chi connectivity index (χ0v) is 9.29. The second-order valence-corrected chi connectivity index (χ2v) is 4.73. The normalized spacial score (nSPS) is 18.4. The third kappa shape index (κ3) is 1.80. The van der Waals surface area contributed by atoms with Gasteiger partial charge >= 0.3 is 5.97 Å². The minimum Gasteiger partial charge on any atom is -0.479 e. The van der Waals surface area contributed by atoms with Crippen molar-refractivity contribution in [2.24, 2.45) is 5.92 Å². The number of carbonyl (C=O) groups is 1. The maximum Gasteiger partial charge on any atom is 0.331 e. The molecule has 1 aromatic heterocycles. The molecule has 88 valence electrons. The van der Waals surface area contributed by atoms with Crippen molar-refractivity contribution >= 4 is 5.97 Å². The lowest BCUT2D eigenvalue weighted by molar-refractivity contribution is -0.146. The third-order valence-corrected chi connectivity index (χ3v) is 2.98. The number of aromatic nitrogens is 3. The number of carboxylic acids is 1. The lowest BCUT2D eigenvalue weighted by Crippen LogP contribution is -2.36. The maximum absolute atomic E-state index is 11.0. The summed E-state index contributed by atoms with van der Waals surface area (Å²) in [5.74, 6) is -0.719. The Morgan fingerprint density at radius 3 is 2.75 bits per heavy atom. The van der Waals surface area contributed by atoms with Crippen LogP contribution >= 0.6 is 0 Å². The summed E-state index contributed by atoms with van der Waals surface area (Å²) in [5, 5.41) is 26.4. The number of aliphatic carboxylic acids is 1. The summed E-state index contributed by atoms with van der Waals surface area (Å²) in [7, 11) is 0. The Morgan fingerprint density at radius 1 is 1.62 bits per heavy atom. The minimum absolute atomic E-state index is 0.262. The number of hydrogen-bond donors (Lipinski definition) is 2. The van der Waals surface area contributed by atoms with Crippen LogP contribution in [0.4, 0.5) is 0 Å². The molecule has 0 saturated heterocycles. The molecule has 0 radical (unpaired) electrons. The average molecular weight is 225 g/mol. The maximum atomic E-state index is 11.0. The van der Waals surface area contributed by atoms with Crippen LogP contribution in [0.15, 0.2) is 6.20 Å². The van der Waals surface area contributed by atoms with E-state index >= 15 is 0 Å². The molecule has 6 nitrogen and oxygen atoms in total. The molecule has 0 amide bonds. The number of nitrogens with zero attached hydrogens (tertiary/aromatic N) is 3. The molecule has 1 fully saturated rings. The molecular formula is C10H15N3O3. The van der Waals surface area contributed by atoms with Crippen LogP contribution in [0.25, 0.3) is 0 Å². The molecule has 16 heavy (non-hydrogen) atoms. The molecule has 1 aromatic rings. The predicted octanol–water partition coefficient (Wildman–Crippen LogP) is 0.541. The SMILES string of the molecule is CC(C)(C(=O)O)n1cc(C(O)C2CC2)nn1. The molecule has 0 aliphatic heterocycles. The first-order chi connectivity index (χ1) is 7.43. The van der Waals surface area contributed by atoms with Gasteiger partial charge in [0.2, 0.25) is 0 Å². The van der Waals surface area contributed by atoms with Gasteiger partial charge < -0.3 is 10.2 Å². The summed E-state index contributed by atoms with van der Waals surface area (Å²) >= 11 is 0. The fraction of sp³-hybridized carbons (Fsp3) is 0.700. The molecule has 1 aliphatic rings. The number of aliphatic hydroxyl groups excluding tert-OH is 1. The van der Waals surface area contributed by atoms with Crippen LogP contribution in [0.5, 0.6) is 0 Å². The molecule has 2 N–H and O–H groups in total. The molecule has 1 heterocycles.